The minimum atomic E-state index is -0.259. The zero-order chi connectivity index (χ0) is 18.6. The third-order valence-corrected chi connectivity index (χ3v) is 4.50. The number of carbonyl (C=O) groups is 2. The number of nitrogens with zero attached hydrogens (tertiary/aromatic N) is 1. The van der Waals surface area contributed by atoms with Gasteiger partial charge in [0.15, 0.2) is 0 Å². The van der Waals surface area contributed by atoms with Gasteiger partial charge in [0.2, 0.25) is 0 Å². The number of fused-ring (bicyclic) bond motifs is 1. The van der Waals surface area contributed by atoms with Crippen molar-refractivity contribution in [3.05, 3.63) is 101 Å². The average molecular weight is 354 g/mol. The van der Waals surface area contributed by atoms with E-state index in [1.165, 1.54) is 4.90 Å². The molecule has 27 heavy (non-hydrogen) atoms. The summed E-state index contributed by atoms with van der Waals surface area (Å²) in [5.74, 6) is -0.518. The maximum Gasteiger partial charge on any atom is 0.263 e. The van der Waals surface area contributed by atoms with Crippen LogP contribution in [0, 0.1) is 0 Å². The van der Waals surface area contributed by atoms with E-state index >= 15 is 0 Å². The van der Waals surface area contributed by atoms with Crippen molar-refractivity contribution in [3.8, 4) is 0 Å². The first kappa shape index (κ1) is 16.8. The molecule has 4 rings (SSSR count). The minimum absolute atomic E-state index is 0.144. The van der Waals surface area contributed by atoms with E-state index in [1.807, 2.05) is 48.5 Å². The van der Waals surface area contributed by atoms with Crippen LogP contribution in [0.5, 0.6) is 0 Å². The smallest absolute Gasteiger partial charge is 0.263 e. The number of amides is 2. The SMILES string of the molecule is O=C1c2ccccc2C(=O)N1CNc1ccc(C=Cc2ccccc2)cc1. The van der Waals surface area contributed by atoms with E-state index in [-0.39, 0.29) is 18.5 Å². The second-order valence-corrected chi connectivity index (χ2v) is 6.28. The van der Waals surface area contributed by atoms with E-state index in [1.54, 1.807) is 24.3 Å². The van der Waals surface area contributed by atoms with Gasteiger partial charge in [-0.2, -0.15) is 0 Å². The van der Waals surface area contributed by atoms with E-state index in [0.29, 0.717) is 11.1 Å². The first-order valence-corrected chi connectivity index (χ1v) is 8.75. The highest BCUT2D eigenvalue weighted by atomic mass is 16.2. The Morgan fingerprint density at radius 3 is 1.78 bits per heavy atom. The number of carbonyl (C=O) groups excluding carboxylic acids is 2. The van der Waals surface area contributed by atoms with Crippen molar-refractivity contribution in [1.82, 2.24) is 4.90 Å². The van der Waals surface area contributed by atoms with Crippen LogP contribution >= 0.6 is 0 Å². The fourth-order valence-corrected chi connectivity index (χ4v) is 3.02. The number of imide groups is 1. The molecule has 0 unspecified atom stereocenters. The number of hydrogen-bond donors (Lipinski definition) is 1. The monoisotopic (exact) mass is 354 g/mol. The molecule has 0 aliphatic carbocycles. The molecule has 1 aliphatic rings. The summed E-state index contributed by atoms with van der Waals surface area (Å²) < 4.78 is 0. The molecule has 1 N–H and O–H groups in total. The largest absolute Gasteiger partial charge is 0.367 e. The van der Waals surface area contributed by atoms with Crippen LogP contribution in [0.25, 0.3) is 12.2 Å². The zero-order valence-corrected chi connectivity index (χ0v) is 14.6. The Bertz CT molecular complexity index is 973. The Balaban J connectivity index is 1.39. The third-order valence-electron chi connectivity index (χ3n) is 4.50. The van der Waals surface area contributed by atoms with Crippen molar-refractivity contribution >= 4 is 29.7 Å². The standard InChI is InChI=1S/C23H18N2O2/c26-22-20-8-4-5-9-21(20)23(27)25(22)16-24-19-14-12-18(13-15-19)11-10-17-6-2-1-3-7-17/h1-15,24H,16H2. The Hall–Kier alpha value is -3.66. The predicted molar refractivity (Wildman–Crippen MR) is 107 cm³/mol. The number of nitrogens with one attached hydrogen (secondary N) is 1. The molecule has 0 radical (unpaired) electrons. The molecular weight excluding hydrogens is 336 g/mol. The van der Waals surface area contributed by atoms with Crippen LogP contribution in [-0.2, 0) is 0 Å². The molecule has 4 heteroatoms. The number of benzene rings is 3. The molecule has 0 bridgehead atoms. The molecule has 3 aromatic carbocycles. The second-order valence-electron chi connectivity index (χ2n) is 6.28. The van der Waals surface area contributed by atoms with Crippen LogP contribution in [0.1, 0.15) is 31.8 Å². The van der Waals surface area contributed by atoms with E-state index in [4.69, 9.17) is 0 Å². The molecule has 0 atom stereocenters. The van der Waals surface area contributed by atoms with Gasteiger partial charge in [0, 0.05) is 5.69 Å². The molecule has 3 aromatic rings. The normalized spacial score (nSPS) is 13.3. The highest BCUT2D eigenvalue weighted by Gasteiger charge is 2.34. The van der Waals surface area contributed by atoms with Crippen LogP contribution in [-0.4, -0.2) is 23.4 Å². The fourth-order valence-electron chi connectivity index (χ4n) is 3.02. The van der Waals surface area contributed by atoms with Crippen LogP contribution < -0.4 is 5.32 Å². The van der Waals surface area contributed by atoms with Crippen LogP contribution in [0.4, 0.5) is 5.69 Å². The van der Waals surface area contributed by atoms with Gasteiger partial charge in [-0.1, -0.05) is 66.7 Å². The van der Waals surface area contributed by atoms with Gasteiger partial charge in [-0.25, -0.2) is 0 Å². The van der Waals surface area contributed by atoms with Gasteiger partial charge in [-0.15, -0.1) is 0 Å². The Labute approximate surface area is 157 Å². The lowest BCUT2D eigenvalue weighted by Crippen LogP contribution is -2.34. The molecule has 0 saturated heterocycles. The molecule has 4 nitrogen and oxygen atoms in total. The molecule has 132 valence electrons. The zero-order valence-electron chi connectivity index (χ0n) is 14.6. The summed E-state index contributed by atoms with van der Waals surface area (Å²) in [5.41, 5.74) is 4.00. The van der Waals surface area contributed by atoms with Crippen LogP contribution in [0.2, 0.25) is 0 Å². The number of hydrogen-bond acceptors (Lipinski definition) is 3. The first-order chi connectivity index (χ1) is 13.2. The fraction of sp³-hybridized carbons (Fsp3) is 0.0435. The highest BCUT2D eigenvalue weighted by Crippen LogP contribution is 2.22. The van der Waals surface area contributed by atoms with Gasteiger partial charge in [0.25, 0.3) is 11.8 Å². The maximum absolute atomic E-state index is 12.4. The highest BCUT2D eigenvalue weighted by molar-refractivity contribution is 6.21. The van der Waals surface area contributed by atoms with E-state index < -0.39 is 0 Å². The summed E-state index contributed by atoms with van der Waals surface area (Å²) in [5, 5.41) is 3.14. The molecular formula is C23H18N2O2. The second kappa shape index (κ2) is 7.30. The molecule has 1 aliphatic heterocycles. The van der Waals surface area contributed by atoms with Crippen LogP contribution in [0.15, 0.2) is 78.9 Å². The van der Waals surface area contributed by atoms with E-state index in [2.05, 4.69) is 23.5 Å². The third kappa shape index (κ3) is 3.51. The van der Waals surface area contributed by atoms with Gasteiger partial charge in [0.1, 0.15) is 0 Å². The Morgan fingerprint density at radius 2 is 1.19 bits per heavy atom. The molecule has 0 fully saturated rings. The molecule has 0 saturated carbocycles. The van der Waals surface area contributed by atoms with Gasteiger partial charge in [-0.05, 0) is 35.4 Å². The van der Waals surface area contributed by atoms with Crippen molar-refractivity contribution in [2.75, 3.05) is 12.0 Å². The molecule has 2 amide bonds. The van der Waals surface area contributed by atoms with Crippen LogP contribution in [0.3, 0.4) is 0 Å². The van der Waals surface area contributed by atoms with Gasteiger partial charge >= 0.3 is 0 Å². The van der Waals surface area contributed by atoms with Crippen molar-refractivity contribution in [2.24, 2.45) is 0 Å². The lowest BCUT2D eigenvalue weighted by atomic mass is 10.1. The van der Waals surface area contributed by atoms with Gasteiger partial charge in [0.05, 0.1) is 17.8 Å². The topological polar surface area (TPSA) is 49.4 Å². The molecule has 1 heterocycles. The maximum atomic E-state index is 12.4. The van der Waals surface area contributed by atoms with E-state index in [0.717, 1.165) is 16.8 Å². The van der Waals surface area contributed by atoms with Crippen molar-refractivity contribution in [3.63, 3.8) is 0 Å². The van der Waals surface area contributed by atoms with Gasteiger partial charge < -0.3 is 5.32 Å². The lowest BCUT2D eigenvalue weighted by Gasteiger charge is -2.15. The Morgan fingerprint density at radius 1 is 0.667 bits per heavy atom. The van der Waals surface area contributed by atoms with Gasteiger partial charge in [-0.3, -0.25) is 14.5 Å². The summed E-state index contributed by atoms with van der Waals surface area (Å²) in [6.07, 6.45) is 4.10. The summed E-state index contributed by atoms with van der Waals surface area (Å²) in [6, 6.07) is 24.9. The molecule has 0 spiro atoms. The summed E-state index contributed by atoms with van der Waals surface area (Å²) in [4.78, 5) is 25.9. The average Bonchev–Trinajstić information content (AvgIpc) is 2.97. The van der Waals surface area contributed by atoms with Crippen molar-refractivity contribution < 1.29 is 9.59 Å². The summed E-state index contributed by atoms with van der Waals surface area (Å²) in [7, 11) is 0. The quantitative estimate of drug-likeness (QED) is 0.541. The van der Waals surface area contributed by atoms with Crippen molar-refractivity contribution in [2.45, 2.75) is 0 Å². The number of anilines is 1. The summed E-state index contributed by atoms with van der Waals surface area (Å²) >= 11 is 0. The Kier molecular flexibility index (Phi) is 4.54. The van der Waals surface area contributed by atoms with Crippen molar-refractivity contribution in [1.29, 1.82) is 0 Å². The first-order valence-electron chi connectivity index (χ1n) is 8.75. The molecule has 0 aromatic heterocycles. The predicted octanol–water partition coefficient (Wildman–Crippen LogP) is 4.52. The summed E-state index contributed by atoms with van der Waals surface area (Å²) in [6.45, 7) is 0.144. The van der Waals surface area contributed by atoms with E-state index in [9.17, 15) is 9.59 Å². The number of rotatable bonds is 5. The minimum Gasteiger partial charge on any atom is -0.367 e. The lowest BCUT2D eigenvalue weighted by molar-refractivity contribution is 0.0666.